The van der Waals surface area contributed by atoms with Gasteiger partial charge < -0.3 is 10.2 Å². The van der Waals surface area contributed by atoms with Crippen molar-refractivity contribution in [3.63, 3.8) is 0 Å². The summed E-state index contributed by atoms with van der Waals surface area (Å²) in [6.07, 6.45) is 6.35. The van der Waals surface area contributed by atoms with Crippen molar-refractivity contribution in [1.82, 2.24) is 0 Å². The van der Waals surface area contributed by atoms with Gasteiger partial charge in [0.25, 0.3) is 0 Å². The van der Waals surface area contributed by atoms with Crippen LogP contribution in [0.1, 0.15) is 52.2 Å². The lowest BCUT2D eigenvalue weighted by Gasteiger charge is -2.23. The van der Waals surface area contributed by atoms with E-state index in [0.717, 1.165) is 43.4 Å². The molecule has 1 aliphatic carbocycles. The number of thiophene rings is 1. The van der Waals surface area contributed by atoms with Crippen LogP contribution in [0.2, 0.25) is 0 Å². The number of aryl methyl sites for hydroxylation is 2. The zero-order chi connectivity index (χ0) is 19.2. The van der Waals surface area contributed by atoms with E-state index in [-0.39, 0.29) is 17.4 Å². The number of aliphatic hydroxyl groups is 1. The monoisotopic (exact) mass is 406 g/mol. The van der Waals surface area contributed by atoms with Crippen LogP contribution < -0.4 is 0 Å². The smallest absolute Gasteiger partial charge is 0.345 e. The second-order valence-corrected chi connectivity index (χ2v) is 9.22. The van der Waals surface area contributed by atoms with Crippen molar-refractivity contribution in [3.05, 3.63) is 57.8 Å². The first-order valence-corrected chi connectivity index (χ1v) is 11.0. The van der Waals surface area contributed by atoms with Gasteiger partial charge in [0.1, 0.15) is 4.88 Å². The zero-order valence-corrected chi connectivity index (χ0v) is 17.0. The highest BCUT2D eigenvalue weighted by atomic mass is 35.5. The third kappa shape index (κ3) is 5.56. The van der Waals surface area contributed by atoms with Crippen molar-refractivity contribution in [3.8, 4) is 0 Å². The fraction of sp³-hybridized carbons (Fsp3) is 0.500. The minimum absolute atomic E-state index is 0.0413. The zero-order valence-electron chi connectivity index (χ0n) is 15.4. The highest BCUT2D eigenvalue weighted by Crippen LogP contribution is 2.41. The van der Waals surface area contributed by atoms with Gasteiger partial charge in [-0.25, -0.2) is 4.79 Å². The van der Waals surface area contributed by atoms with E-state index in [0.29, 0.717) is 17.2 Å². The van der Waals surface area contributed by atoms with Crippen LogP contribution in [0.3, 0.4) is 0 Å². The Hall–Kier alpha value is -1.36. The number of benzene rings is 1. The first-order valence-electron chi connectivity index (χ1n) is 9.72. The van der Waals surface area contributed by atoms with Gasteiger partial charge in [0.2, 0.25) is 0 Å². The Morgan fingerprint density at radius 2 is 1.74 bits per heavy atom. The molecule has 1 aromatic heterocycles. The van der Waals surface area contributed by atoms with Gasteiger partial charge in [-0.2, -0.15) is 0 Å². The molecule has 3 nitrogen and oxygen atoms in total. The van der Waals surface area contributed by atoms with Crippen molar-refractivity contribution >= 4 is 28.9 Å². The molecule has 4 atom stereocenters. The standard InChI is InChI=1S/C22H27ClO3S/c23-19-14-20(24)18(11-4-8-15-6-2-1-3-7-15)17(19)10-5-9-16-12-13-21(27-16)22(25)26/h1-3,6-7,12-13,17-20,24H,4-5,8-11,14H2,(H,25,26)/t17-,18-,19+,20-/m1/s1. The number of alkyl halides is 1. The van der Waals surface area contributed by atoms with Gasteiger partial charge in [-0.3, -0.25) is 0 Å². The Bertz CT molecular complexity index is 730. The van der Waals surface area contributed by atoms with Crippen LogP contribution in [-0.4, -0.2) is 27.7 Å². The summed E-state index contributed by atoms with van der Waals surface area (Å²) in [4.78, 5) is 12.5. The van der Waals surface area contributed by atoms with Crippen molar-refractivity contribution < 1.29 is 15.0 Å². The largest absolute Gasteiger partial charge is 0.477 e. The summed E-state index contributed by atoms with van der Waals surface area (Å²) >= 11 is 7.91. The van der Waals surface area contributed by atoms with Crippen LogP contribution in [0.15, 0.2) is 42.5 Å². The highest BCUT2D eigenvalue weighted by molar-refractivity contribution is 7.13. The number of rotatable bonds is 9. The van der Waals surface area contributed by atoms with Crippen LogP contribution in [0.5, 0.6) is 0 Å². The topological polar surface area (TPSA) is 57.5 Å². The molecule has 1 aliphatic rings. The summed E-state index contributed by atoms with van der Waals surface area (Å²) in [5, 5.41) is 19.5. The predicted octanol–water partition coefficient (Wildman–Crippen LogP) is 5.40. The minimum atomic E-state index is -0.857. The molecule has 2 aromatic rings. The van der Waals surface area contributed by atoms with E-state index < -0.39 is 5.97 Å². The van der Waals surface area contributed by atoms with Crippen LogP contribution in [0.4, 0.5) is 0 Å². The van der Waals surface area contributed by atoms with Crippen LogP contribution in [0, 0.1) is 11.8 Å². The van der Waals surface area contributed by atoms with E-state index in [1.807, 2.05) is 12.1 Å². The fourth-order valence-electron chi connectivity index (χ4n) is 4.26. The molecule has 1 fully saturated rings. The summed E-state index contributed by atoms with van der Waals surface area (Å²) in [6, 6.07) is 14.1. The molecule has 0 unspecified atom stereocenters. The maximum absolute atomic E-state index is 11.0. The number of halogens is 1. The number of hydrogen-bond acceptors (Lipinski definition) is 3. The second kappa shape index (κ2) is 9.72. The maximum atomic E-state index is 11.0. The maximum Gasteiger partial charge on any atom is 0.345 e. The Balaban J connectivity index is 1.48. The predicted molar refractivity (Wildman–Crippen MR) is 111 cm³/mol. The van der Waals surface area contributed by atoms with Crippen molar-refractivity contribution in [2.24, 2.45) is 11.8 Å². The van der Waals surface area contributed by atoms with Gasteiger partial charge in [-0.05, 0) is 74.5 Å². The average molecular weight is 407 g/mol. The van der Waals surface area contributed by atoms with Gasteiger partial charge >= 0.3 is 5.97 Å². The molecule has 1 aromatic carbocycles. The number of aromatic carboxylic acids is 1. The van der Waals surface area contributed by atoms with E-state index in [1.54, 1.807) is 6.07 Å². The van der Waals surface area contributed by atoms with Gasteiger partial charge in [0.05, 0.1) is 6.10 Å². The molecule has 27 heavy (non-hydrogen) atoms. The first kappa shape index (κ1) is 20.4. The number of carbonyl (C=O) groups is 1. The average Bonchev–Trinajstić information content (AvgIpc) is 3.22. The van der Waals surface area contributed by atoms with Crippen LogP contribution >= 0.6 is 22.9 Å². The molecular weight excluding hydrogens is 380 g/mol. The van der Waals surface area contributed by atoms with E-state index in [2.05, 4.69) is 24.3 Å². The molecule has 0 bridgehead atoms. The van der Waals surface area contributed by atoms with Crippen LogP contribution in [-0.2, 0) is 12.8 Å². The molecule has 0 radical (unpaired) electrons. The molecule has 1 saturated carbocycles. The summed E-state index contributed by atoms with van der Waals surface area (Å²) in [5.74, 6) is -0.241. The molecular formula is C22H27ClO3S. The Morgan fingerprint density at radius 1 is 1.04 bits per heavy atom. The first-order chi connectivity index (χ1) is 13.0. The van der Waals surface area contributed by atoms with E-state index in [1.165, 1.54) is 16.9 Å². The third-order valence-electron chi connectivity index (χ3n) is 5.65. The third-order valence-corrected chi connectivity index (χ3v) is 7.29. The summed E-state index contributed by atoms with van der Waals surface area (Å²) in [6.45, 7) is 0. The Labute approximate surface area is 170 Å². The lowest BCUT2D eigenvalue weighted by molar-refractivity contribution is 0.0702. The molecule has 0 amide bonds. The summed E-state index contributed by atoms with van der Waals surface area (Å²) in [5.41, 5.74) is 1.34. The Morgan fingerprint density at radius 3 is 2.44 bits per heavy atom. The van der Waals surface area contributed by atoms with E-state index >= 15 is 0 Å². The molecule has 0 spiro atoms. The van der Waals surface area contributed by atoms with E-state index in [4.69, 9.17) is 16.7 Å². The van der Waals surface area contributed by atoms with Gasteiger partial charge in [-0.1, -0.05) is 30.3 Å². The summed E-state index contributed by atoms with van der Waals surface area (Å²) < 4.78 is 0. The quantitative estimate of drug-likeness (QED) is 0.548. The number of aliphatic hydroxyl groups excluding tert-OH is 1. The summed E-state index contributed by atoms with van der Waals surface area (Å²) in [7, 11) is 0. The lowest BCUT2D eigenvalue weighted by Crippen LogP contribution is -2.21. The van der Waals surface area contributed by atoms with Gasteiger partial charge in [0.15, 0.2) is 0 Å². The van der Waals surface area contributed by atoms with Crippen molar-refractivity contribution in [2.45, 2.75) is 56.4 Å². The van der Waals surface area contributed by atoms with Crippen molar-refractivity contribution in [2.75, 3.05) is 0 Å². The van der Waals surface area contributed by atoms with Gasteiger partial charge in [-0.15, -0.1) is 22.9 Å². The lowest BCUT2D eigenvalue weighted by atomic mass is 9.85. The molecule has 146 valence electrons. The number of carboxylic acids is 1. The highest BCUT2D eigenvalue weighted by Gasteiger charge is 2.40. The van der Waals surface area contributed by atoms with Gasteiger partial charge in [0, 0.05) is 10.3 Å². The fourth-order valence-corrected chi connectivity index (χ4v) is 5.64. The molecule has 1 heterocycles. The SMILES string of the molecule is O=C(O)c1ccc(CCC[C@@H]2[C@@H](CCCc3ccccc3)[C@H](O)C[C@@H]2Cl)s1. The number of carboxylic acid groups (broad SMARTS) is 1. The Kier molecular flexibility index (Phi) is 7.33. The minimum Gasteiger partial charge on any atom is -0.477 e. The normalized spacial score (nSPS) is 25.0. The van der Waals surface area contributed by atoms with Crippen LogP contribution in [0.25, 0.3) is 0 Å². The molecule has 0 saturated heterocycles. The molecule has 2 N–H and O–H groups in total. The molecule has 0 aliphatic heterocycles. The number of hydrogen-bond donors (Lipinski definition) is 2. The van der Waals surface area contributed by atoms with E-state index in [9.17, 15) is 9.90 Å². The molecule has 5 heteroatoms. The van der Waals surface area contributed by atoms with Crippen molar-refractivity contribution in [1.29, 1.82) is 0 Å². The second-order valence-electron chi connectivity index (χ2n) is 7.49. The molecule has 3 rings (SSSR count).